The summed E-state index contributed by atoms with van der Waals surface area (Å²) in [6.07, 6.45) is 13.2. The van der Waals surface area contributed by atoms with Crippen LogP contribution in [0.2, 0.25) is 0 Å². The van der Waals surface area contributed by atoms with E-state index in [1.54, 1.807) is 30.7 Å². The molecule has 0 amide bonds. The Balaban J connectivity index is 1.99. The molecule has 0 atom stereocenters. The average molecular weight is 251 g/mol. The molecule has 0 N–H and O–H groups in total. The fourth-order valence-electron chi connectivity index (χ4n) is 2.10. The van der Waals surface area contributed by atoms with Crippen LogP contribution >= 0.6 is 0 Å². The second-order valence-electron chi connectivity index (χ2n) is 4.31. The van der Waals surface area contributed by atoms with E-state index in [4.69, 9.17) is 0 Å². The number of nitrogens with zero attached hydrogens (tertiary/aromatic N) is 3. The smallest absolute Gasteiger partial charge is 0.267 e. The normalized spacial score (nSPS) is 14.2. The Morgan fingerprint density at radius 3 is 2.68 bits per heavy atom. The Morgan fingerprint density at radius 1 is 1.11 bits per heavy atom. The first-order chi connectivity index (χ1) is 9.36. The van der Waals surface area contributed by atoms with Crippen molar-refractivity contribution in [3.05, 3.63) is 66.3 Å². The highest BCUT2D eigenvalue weighted by atomic mass is 16.2. The zero-order valence-corrected chi connectivity index (χ0v) is 10.4. The summed E-state index contributed by atoms with van der Waals surface area (Å²) < 4.78 is 1.44. The van der Waals surface area contributed by atoms with Gasteiger partial charge in [-0.25, -0.2) is 0 Å². The molecule has 0 radical (unpaired) electrons. The van der Waals surface area contributed by atoms with Crippen LogP contribution in [-0.2, 0) is 0 Å². The summed E-state index contributed by atoms with van der Waals surface area (Å²) in [5, 5.41) is 4.14. The molecule has 4 heteroatoms. The van der Waals surface area contributed by atoms with Gasteiger partial charge in [0.2, 0.25) is 0 Å². The third-order valence-corrected chi connectivity index (χ3v) is 3.05. The van der Waals surface area contributed by atoms with Gasteiger partial charge in [0.05, 0.1) is 11.9 Å². The zero-order valence-electron chi connectivity index (χ0n) is 10.4. The van der Waals surface area contributed by atoms with Crippen LogP contribution < -0.4 is 0 Å². The van der Waals surface area contributed by atoms with E-state index < -0.39 is 0 Å². The van der Waals surface area contributed by atoms with Crippen LogP contribution in [0.5, 0.6) is 0 Å². The van der Waals surface area contributed by atoms with Crippen LogP contribution in [0.1, 0.15) is 28.9 Å². The van der Waals surface area contributed by atoms with Gasteiger partial charge in [0.1, 0.15) is 0 Å². The molecule has 94 valence electrons. The fraction of sp³-hybridized carbons (Fsp3) is 0.133. The molecule has 0 spiro atoms. The highest BCUT2D eigenvalue weighted by Crippen LogP contribution is 2.21. The van der Waals surface area contributed by atoms with Crippen molar-refractivity contribution in [2.24, 2.45) is 0 Å². The van der Waals surface area contributed by atoms with E-state index in [9.17, 15) is 4.79 Å². The van der Waals surface area contributed by atoms with Gasteiger partial charge >= 0.3 is 0 Å². The maximum atomic E-state index is 12.4. The lowest BCUT2D eigenvalue weighted by Crippen LogP contribution is -2.16. The van der Waals surface area contributed by atoms with Crippen LogP contribution in [0.4, 0.5) is 0 Å². The number of aromatic nitrogens is 3. The molecule has 19 heavy (non-hydrogen) atoms. The summed E-state index contributed by atoms with van der Waals surface area (Å²) in [5.74, 6) is -0.137. The Kier molecular flexibility index (Phi) is 3.06. The maximum absolute atomic E-state index is 12.4. The summed E-state index contributed by atoms with van der Waals surface area (Å²) in [5.41, 5.74) is 2.46. The molecule has 2 aromatic heterocycles. The molecule has 0 unspecified atom stereocenters. The minimum atomic E-state index is -0.137. The molecule has 0 aromatic carbocycles. The first-order valence-electron chi connectivity index (χ1n) is 6.22. The molecule has 0 aliphatic heterocycles. The molecule has 2 heterocycles. The molecule has 3 rings (SSSR count). The highest BCUT2D eigenvalue weighted by Gasteiger charge is 2.15. The zero-order chi connectivity index (χ0) is 13.1. The summed E-state index contributed by atoms with van der Waals surface area (Å²) >= 11 is 0. The van der Waals surface area contributed by atoms with E-state index in [1.165, 1.54) is 4.68 Å². The van der Waals surface area contributed by atoms with Gasteiger partial charge in [0.25, 0.3) is 5.91 Å². The fourth-order valence-corrected chi connectivity index (χ4v) is 2.10. The lowest BCUT2D eigenvalue weighted by molar-refractivity contribution is 0.0944. The molecular formula is C15H13N3O. The van der Waals surface area contributed by atoms with Gasteiger partial charge in [-0.2, -0.15) is 9.78 Å². The number of hydrogen-bond acceptors (Lipinski definition) is 3. The molecule has 0 bridgehead atoms. The summed E-state index contributed by atoms with van der Waals surface area (Å²) in [6.45, 7) is 0. The summed E-state index contributed by atoms with van der Waals surface area (Å²) in [6, 6.07) is 5.25. The Labute approximate surface area is 111 Å². The van der Waals surface area contributed by atoms with Gasteiger partial charge in [0, 0.05) is 18.0 Å². The predicted molar refractivity (Wildman–Crippen MR) is 72.5 cm³/mol. The average Bonchev–Trinajstić information content (AvgIpc) is 2.98. The number of hydrogen-bond donors (Lipinski definition) is 0. The first-order valence-corrected chi connectivity index (χ1v) is 6.22. The van der Waals surface area contributed by atoms with Crippen molar-refractivity contribution < 1.29 is 4.79 Å². The minimum absolute atomic E-state index is 0.137. The topological polar surface area (TPSA) is 47.8 Å². The van der Waals surface area contributed by atoms with Crippen molar-refractivity contribution in [1.29, 1.82) is 0 Å². The molecule has 4 nitrogen and oxygen atoms in total. The number of allylic oxidation sites excluding steroid dienone is 4. The quantitative estimate of drug-likeness (QED) is 0.824. The standard InChI is InChI=1S/C15H13N3O/c19-15(13-6-9-16-10-7-13)18-14(8-11-17-18)12-4-2-1-3-5-12/h2,4-11H,1,3H2. The van der Waals surface area contributed by atoms with Crippen LogP contribution in [0.15, 0.2) is 55.0 Å². The van der Waals surface area contributed by atoms with Crippen molar-refractivity contribution in [1.82, 2.24) is 14.8 Å². The van der Waals surface area contributed by atoms with E-state index >= 15 is 0 Å². The Hall–Kier alpha value is -2.49. The Morgan fingerprint density at radius 2 is 1.95 bits per heavy atom. The van der Waals surface area contributed by atoms with Crippen molar-refractivity contribution >= 4 is 11.5 Å². The van der Waals surface area contributed by atoms with Crippen molar-refractivity contribution in [2.45, 2.75) is 12.8 Å². The van der Waals surface area contributed by atoms with Crippen molar-refractivity contribution in [2.75, 3.05) is 0 Å². The van der Waals surface area contributed by atoms with Gasteiger partial charge in [0.15, 0.2) is 0 Å². The SMILES string of the molecule is O=C(c1ccncc1)n1nccc1C1=CCCC=C1. The predicted octanol–water partition coefficient (Wildman–Crippen LogP) is 2.70. The van der Waals surface area contributed by atoms with E-state index in [0.29, 0.717) is 5.56 Å². The van der Waals surface area contributed by atoms with Crippen LogP contribution in [0.3, 0.4) is 0 Å². The molecule has 1 aliphatic carbocycles. The monoisotopic (exact) mass is 251 g/mol. The highest BCUT2D eigenvalue weighted by molar-refractivity contribution is 5.97. The lowest BCUT2D eigenvalue weighted by Gasteiger charge is -2.09. The van der Waals surface area contributed by atoms with Crippen molar-refractivity contribution in [3.8, 4) is 0 Å². The number of carbonyl (C=O) groups excluding carboxylic acids is 1. The molecule has 0 fully saturated rings. The van der Waals surface area contributed by atoms with E-state index in [0.717, 1.165) is 24.1 Å². The second-order valence-corrected chi connectivity index (χ2v) is 4.31. The molecular weight excluding hydrogens is 238 g/mol. The van der Waals surface area contributed by atoms with Gasteiger partial charge in [-0.1, -0.05) is 18.2 Å². The maximum Gasteiger partial charge on any atom is 0.278 e. The van der Waals surface area contributed by atoms with Crippen LogP contribution in [-0.4, -0.2) is 20.7 Å². The number of carbonyl (C=O) groups is 1. The van der Waals surface area contributed by atoms with E-state index in [1.807, 2.05) is 12.1 Å². The van der Waals surface area contributed by atoms with E-state index in [2.05, 4.69) is 22.2 Å². The first kappa shape index (κ1) is 11.6. The van der Waals surface area contributed by atoms with Gasteiger partial charge in [-0.05, 0) is 36.6 Å². The summed E-state index contributed by atoms with van der Waals surface area (Å²) in [7, 11) is 0. The third kappa shape index (κ3) is 2.25. The van der Waals surface area contributed by atoms with Gasteiger partial charge in [-0.15, -0.1) is 0 Å². The van der Waals surface area contributed by atoms with Crippen LogP contribution in [0, 0.1) is 0 Å². The third-order valence-electron chi connectivity index (χ3n) is 3.05. The van der Waals surface area contributed by atoms with Gasteiger partial charge in [-0.3, -0.25) is 9.78 Å². The van der Waals surface area contributed by atoms with E-state index in [-0.39, 0.29) is 5.91 Å². The van der Waals surface area contributed by atoms with Gasteiger partial charge < -0.3 is 0 Å². The second kappa shape index (κ2) is 5.02. The summed E-state index contributed by atoms with van der Waals surface area (Å²) in [4.78, 5) is 16.3. The molecule has 0 saturated carbocycles. The van der Waals surface area contributed by atoms with Crippen LogP contribution in [0.25, 0.3) is 5.57 Å². The minimum Gasteiger partial charge on any atom is -0.267 e. The lowest BCUT2D eigenvalue weighted by atomic mass is 10.0. The largest absolute Gasteiger partial charge is 0.278 e. The number of rotatable bonds is 2. The Bertz CT molecular complexity index is 653. The molecule has 1 aliphatic rings. The molecule has 0 saturated heterocycles. The van der Waals surface area contributed by atoms with Crippen molar-refractivity contribution in [3.63, 3.8) is 0 Å². The molecule has 2 aromatic rings. The number of pyridine rings is 1.